The summed E-state index contributed by atoms with van der Waals surface area (Å²) >= 11 is 3.50. The minimum absolute atomic E-state index is 0.174. The molecule has 0 saturated heterocycles. The van der Waals surface area contributed by atoms with Crippen LogP contribution in [0, 0.1) is 5.41 Å². The summed E-state index contributed by atoms with van der Waals surface area (Å²) in [6.07, 6.45) is 2.23. The zero-order valence-electron chi connectivity index (χ0n) is 11.4. The minimum Gasteiger partial charge on any atom is -0.308 e. The minimum atomic E-state index is 0.174. The highest BCUT2D eigenvalue weighted by Crippen LogP contribution is 2.38. The lowest BCUT2D eigenvalue weighted by molar-refractivity contribution is 0.224. The molecule has 98 valence electrons. The molecule has 1 aromatic heterocycles. The summed E-state index contributed by atoms with van der Waals surface area (Å²) in [6, 6.07) is 0.266. The summed E-state index contributed by atoms with van der Waals surface area (Å²) in [7, 11) is 1.94. The van der Waals surface area contributed by atoms with Crippen molar-refractivity contribution in [2.75, 3.05) is 6.54 Å². The Bertz CT molecular complexity index is 340. The average Bonchev–Trinajstić information content (AvgIpc) is 2.61. The highest BCUT2D eigenvalue weighted by atomic mass is 79.9. The number of halogens is 1. The molecule has 0 spiro atoms. The molecular formula is C12H23BrN4. The molecule has 4 nitrogen and oxygen atoms in total. The van der Waals surface area contributed by atoms with Gasteiger partial charge in [-0.2, -0.15) is 0 Å². The van der Waals surface area contributed by atoms with Gasteiger partial charge in [0.15, 0.2) is 4.60 Å². The molecule has 0 bridgehead atoms. The van der Waals surface area contributed by atoms with Gasteiger partial charge in [0.2, 0.25) is 0 Å². The fraction of sp³-hybridized carbons (Fsp3) is 0.833. The van der Waals surface area contributed by atoms with Crippen molar-refractivity contribution >= 4 is 15.9 Å². The van der Waals surface area contributed by atoms with E-state index >= 15 is 0 Å². The summed E-state index contributed by atoms with van der Waals surface area (Å²) in [4.78, 5) is 0. The number of nitrogens with zero attached hydrogens (tertiary/aromatic N) is 3. The van der Waals surface area contributed by atoms with E-state index in [1.165, 1.54) is 0 Å². The Morgan fingerprint density at radius 3 is 2.47 bits per heavy atom. The number of rotatable bonds is 6. The number of aryl methyl sites for hydroxylation is 1. The van der Waals surface area contributed by atoms with Crippen LogP contribution < -0.4 is 5.32 Å². The van der Waals surface area contributed by atoms with E-state index < -0.39 is 0 Å². The number of hydrogen-bond donors (Lipinski definition) is 1. The van der Waals surface area contributed by atoms with E-state index in [1.807, 2.05) is 11.7 Å². The molecule has 0 amide bonds. The van der Waals surface area contributed by atoms with Crippen molar-refractivity contribution in [3.8, 4) is 0 Å². The molecule has 5 heteroatoms. The van der Waals surface area contributed by atoms with Crippen molar-refractivity contribution in [1.82, 2.24) is 20.3 Å². The Morgan fingerprint density at radius 1 is 1.41 bits per heavy atom. The third-order valence-corrected chi connectivity index (χ3v) is 3.96. The summed E-state index contributed by atoms with van der Waals surface area (Å²) < 4.78 is 2.70. The lowest BCUT2D eigenvalue weighted by Gasteiger charge is -2.34. The third kappa shape index (κ3) is 3.28. The lowest BCUT2D eigenvalue weighted by atomic mass is 9.80. The van der Waals surface area contributed by atoms with Crippen molar-refractivity contribution in [2.45, 2.75) is 46.6 Å². The van der Waals surface area contributed by atoms with E-state index in [4.69, 9.17) is 0 Å². The van der Waals surface area contributed by atoms with Crippen LogP contribution in [0.5, 0.6) is 0 Å². The Morgan fingerprint density at radius 2 is 2.06 bits per heavy atom. The average molecular weight is 303 g/mol. The normalized spacial score (nSPS) is 14.0. The maximum atomic E-state index is 4.08. The molecule has 0 fully saturated rings. The highest BCUT2D eigenvalue weighted by Gasteiger charge is 2.32. The van der Waals surface area contributed by atoms with Gasteiger partial charge >= 0.3 is 0 Å². The Kier molecular flexibility index (Phi) is 5.13. The fourth-order valence-electron chi connectivity index (χ4n) is 1.88. The van der Waals surface area contributed by atoms with Gasteiger partial charge in [-0.1, -0.05) is 32.9 Å². The molecule has 1 heterocycles. The van der Waals surface area contributed by atoms with Gasteiger partial charge in [0.1, 0.15) is 0 Å². The zero-order chi connectivity index (χ0) is 13.1. The van der Waals surface area contributed by atoms with Crippen LogP contribution >= 0.6 is 15.9 Å². The van der Waals surface area contributed by atoms with Gasteiger partial charge in [0, 0.05) is 7.05 Å². The van der Waals surface area contributed by atoms with Crippen molar-refractivity contribution in [3.05, 3.63) is 10.3 Å². The predicted octanol–water partition coefficient (Wildman–Crippen LogP) is 3.05. The summed E-state index contributed by atoms with van der Waals surface area (Å²) in [5.41, 5.74) is 1.30. The van der Waals surface area contributed by atoms with E-state index in [9.17, 15) is 0 Å². The second kappa shape index (κ2) is 5.96. The summed E-state index contributed by atoms with van der Waals surface area (Å²) in [6.45, 7) is 9.96. The topological polar surface area (TPSA) is 42.7 Å². The molecule has 0 aliphatic rings. The summed E-state index contributed by atoms with van der Waals surface area (Å²) in [5.74, 6) is 0. The molecule has 1 aromatic rings. The van der Waals surface area contributed by atoms with Crippen LogP contribution in [0.25, 0.3) is 0 Å². The number of nitrogens with one attached hydrogen (secondary N) is 1. The van der Waals surface area contributed by atoms with Gasteiger partial charge in [-0.25, -0.2) is 4.68 Å². The molecule has 17 heavy (non-hydrogen) atoms. The molecule has 0 aromatic carbocycles. The maximum absolute atomic E-state index is 4.08. The molecule has 0 saturated carbocycles. The van der Waals surface area contributed by atoms with E-state index in [2.05, 4.69) is 59.3 Å². The quantitative estimate of drug-likeness (QED) is 0.878. The molecule has 0 aliphatic carbocycles. The molecule has 0 aliphatic heterocycles. The van der Waals surface area contributed by atoms with E-state index in [0.29, 0.717) is 0 Å². The molecule has 1 unspecified atom stereocenters. The summed E-state index contributed by atoms with van der Waals surface area (Å²) in [5, 5.41) is 11.8. The zero-order valence-corrected chi connectivity index (χ0v) is 13.0. The molecule has 1 rings (SSSR count). The van der Waals surface area contributed by atoms with Crippen LogP contribution in [-0.4, -0.2) is 21.5 Å². The van der Waals surface area contributed by atoms with Crippen LogP contribution in [-0.2, 0) is 7.05 Å². The fourth-order valence-corrected chi connectivity index (χ4v) is 2.44. The standard InChI is InChI=1S/C12H23BrN4/c1-6-8-14-10(12(3,4)7-2)9-11(13)15-16-17(9)5/h10,14H,6-8H2,1-5H3. The van der Waals surface area contributed by atoms with Crippen molar-refractivity contribution < 1.29 is 0 Å². The van der Waals surface area contributed by atoms with Crippen LogP contribution in [0.15, 0.2) is 4.60 Å². The van der Waals surface area contributed by atoms with Gasteiger partial charge in [0.05, 0.1) is 11.7 Å². The first-order valence-electron chi connectivity index (χ1n) is 6.22. The van der Waals surface area contributed by atoms with Crippen LogP contribution in [0.3, 0.4) is 0 Å². The van der Waals surface area contributed by atoms with Crippen molar-refractivity contribution in [3.63, 3.8) is 0 Å². The second-order valence-electron chi connectivity index (χ2n) is 5.12. The Hall–Kier alpha value is -0.420. The first-order chi connectivity index (χ1) is 7.94. The molecule has 1 atom stereocenters. The van der Waals surface area contributed by atoms with Gasteiger partial charge in [0.25, 0.3) is 0 Å². The lowest BCUT2D eigenvalue weighted by Crippen LogP contribution is -2.36. The SMILES string of the molecule is CCCNC(c1c(Br)nnn1C)C(C)(C)CC. The smallest absolute Gasteiger partial charge is 0.153 e. The Balaban J connectivity index is 3.06. The predicted molar refractivity (Wildman–Crippen MR) is 73.8 cm³/mol. The van der Waals surface area contributed by atoms with Crippen molar-refractivity contribution in [2.24, 2.45) is 12.5 Å². The van der Waals surface area contributed by atoms with Crippen LogP contribution in [0.2, 0.25) is 0 Å². The van der Waals surface area contributed by atoms with E-state index in [1.54, 1.807) is 0 Å². The Labute approximate surface area is 112 Å². The molecule has 0 radical (unpaired) electrons. The molecular weight excluding hydrogens is 280 g/mol. The van der Waals surface area contributed by atoms with E-state index in [0.717, 1.165) is 29.7 Å². The van der Waals surface area contributed by atoms with Crippen LogP contribution in [0.4, 0.5) is 0 Å². The van der Waals surface area contributed by atoms with Gasteiger partial charge in [-0.3, -0.25) is 0 Å². The van der Waals surface area contributed by atoms with Gasteiger partial charge < -0.3 is 5.32 Å². The van der Waals surface area contributed by atoms with Gasteiger partial charge in [-0.05, 0) is 40.7 Å². The van der Waals surface area contributed by atoms with Crippen LogP contribution in [0.1, 0.15) is 52.3 Å². The largest absolute Gasteiger partial charge is 0.308 e. The maximum Gasteiger partial charge on any atom is 0.153 e. The van der Waals surface area contributed by atoms with Gasteiger partial charge in [-0.15, -0.1) is 5.10 Å². The van der Waals surface area contributed by atoms with E-state index in [-0.39, 0.29) is 11.5 Å². The van der Waals surface area contributed by atoms with Crippen molar-refractivity contribution in [1.29, 1.82) is 0 Å². The number of aromatic nitrogens is 3. The first kappa shape index (κ1) is 14.6. The monoisotopic (exact) mass is 302 g/mol. The number of hydrogen-bond acceptors (Lipinski definition) is 3. The molecule has 1 N–H and O–H groups in total. The third-order valence-electron chi connectivity index (χ3n) is 3.39. The second-order valence-corrected chi connectivity index (χ2v) is 5.87. The first-order valence-corrected chi connectivity index (χ1v) is 7.01. The highest BCUT2D eigenvalue weighted by molar-refractivity contribution is 9.10.